The van der Waals surface area contributed by atoms with E-state index in [0.717, 1.165) is 22.6 Å². The number of likely N-dealkylation sites (tertiary alicyclic amines) is 1. The zero-order valence-corrected chi connectivity index (χ0v) is 12.7. The molecule has 0 saturated carbocycles. The number of aryl methyl sites for hydroxylation is 1. The maximum atomic E-state index is 11.9. The predicted molar refractivity (Wildman–Crippen MR) is 80.6 cm³/mol. The number of hydrogen-bond acceptors (Lipinski definition) is 2. The summed E-state index contributed by atoms with van der Waals surface area (Å²) in [7, 11) is 0. The fourth-order valence-electron chi connectivity index (χ4n) is 2.43. The van der Waals surface area contributed by atoms with Gasteiger partial charge in [0, 0.05) is 24.7 Å². The molecule has 0 aromatic heterocycles. The molecule has 1 atom stereocenters. The molecule has 2 N–H and O–H groups in total. The van der Waals surface area contributed by atoms with Crippen LogP contribution >= 0.6 is 11.6 Å². The zero-order chi connectivity index (χ0) is 15.4. The van der Waals surface area contributed by atoms with E-state index in [2.05, 4.69) is 5.32 Å². The van der Waals surface area contributed by atoms with Gasteiger partial charge in [0.05, 0.1) is 5.92 Å². The van der Waals surface area contributed by atoms with Crippen LogP contribution in [0.4, 0.5) is 4.79 Å². The van der Waals surface area contributed by atoms with Crippen LogP contribution in [0.15, 0.2) is 18.2 Å². The number of nitrogens with one attached hydrogen (secondary N) is 1. The highest BCUT2D eigenvalue weighted by Gasteiger charge is 2.30. The number of carbonyl (C=O) groups is 2. The first-order valence-corrected chi connectivity index (χ1v) is 7.36. The minimum atomic E-state index is -0.832. The topological polar surface area (TPSA) is 69.6 Å². The summed E-state index contributed by atoms with van der Waals surface area (Å²) in [5.41, 5.74) is 2.13. The first-order valence-electron chi connectivity index (χ1n) is 6.98. The van der Waals surface area contributed by atoms with Crippen LogP contribution in [-0.2, 0) is 11.2 Å². The molecule has 114 valence electrons. The standard InChI is InChI=1S/C15H19ClN2O3/c1-10-8-11(2-3-13(10)16)4-6-17-15(21)18-7-5-12(9-18)14(19)20/h2-3,8,12H,4-7,9H2,1H3,(H,17,21)(H,19,20). The third-order valence-corrected chi connectivity index (χ3v) is 4.16. The third-order valence-electron chi connectivity index (χ3n) is 3.74. The zero-order valence-electron chi connectivity index (χ0n) is 11.9. The highest BCUT2D eigenvalue weighted by atomic mass is 35.5. The first kappa shape index (κ1) is 15.6. The van der Waals surface area contributed by atoms with Gasteiger partial charge in [-0.15, -0.1) is 0 Å². The second kappa shape index (κ2) is 6.80. The number of halogens is 1. The lowest BCUT2D eigenvalue weighted by atomic mass is 10.1. The summed E-state index contributed by atoms with van der Waals surface area (Å²) in [6.45, 7) is 3.26. The molecule has 1 fully saturated rings. The summed E-state index contributed by atoms with van der Waals surface area (Å²) < 4.78 is 0. The minimum Gasteiger partial charge on any atom is -0.481 e. The van der Waals surface area contributed by atoms with Gasteiger partial charge in [0.15, 0.2) is 0 Å². The second-order valence-electron chi connectivity index (χ2n) is 5.34. The molecule has 0 aliphatic carbocycles. The van der Waals surface area contributed by atoms with Crippen molar-refractivity contribution >= 4 is 23.6 Å². The predicted octanol–water partition coefficient (Wildman–Crippen LogP) is 2.31. The normalized spacial score (nSPS) is 17.8. The number of benzene rings is 1. The van der Waals surface area contributed by atoms with Gasteiger partial charge in [-0.25, -0.2) is 4.79 Å². The van der Waals surface area contributed by atoms with E-state index in [1.165, 1.54) is 0 Å². The Hall–Kier alpha value is -1.75. The molecular weight excluding hydrogens is 292 g/mol. The van der Waals surface area contributed by atoms with Gasteiger partial charge in [0.25, 0.3) is 0 Å². The molecule has 1 aromatic carbocycles. The van der Waals surface area contributed by atoms with E-state index in [4.69, 9.17) is 16.7 Å². The first-order chi connectivity index (χ1) is 9.97. The smallest absolute Gasteiger partial charge is 0.317 e. The Morgan fingerprint density at radius 2 is 2.24 bits per heavy atom. The van der Waals surface area contributed by atoms with Crippen molar-refractivity contribution in [2.24, 2.45) is 5.92 Å². The van der Waals surface area contributed by atoms with Crippen LogP contribution in [0, 0.1) is 12.8 Å². The molecule has 5 nitrogen and oxygen atoms in total. The van der Waals surface area contributed by atoms with Gasteiger partial charge in [-0.3, -0.25) is 4.79 Å². The van der Waals surface area contributed by atoms with Crippen LogP contribution in [0.2, 0.25) is 5.02 Å². The summed E-state index contributed by atoms with van der Waals surface area (Å²) in [5.74, 6) is -1.27. The van der Waals surface area contributed by atoms with Gasteiger partial charge in [0.1, 0.15) is 0 Å². The average molecular weight is 311 g/mol. The van der Waals surface area contributed by atoms with E-state index in [0.29, 0.717) is 26.1 Å². The molecule has 0 spiro atoms. The minimum absolute atomic E-state index is 0.190. The molecule has 2 rings (SSSR count). The van der Waals surface area contributed by atoms with Crippen LogP contribution in [0.1, 0.15) is 17.5 Å². The van der Waals surface area contributed by atoms with E-state index in [-0.39, 0.29) is 6.03 Å². The Labute approximate surface area is 128 Å². The molecule has 1 aliphatic rings. The number of hydrogen-bond donors (Lipinski definition) is 2. The van der Waals surface area contributed by atoms with E-state index in [9.17, 15) is 9.59 Å². The molecular formula is C15H19ClN2O3. The summed E-state index contributed by atoms with van der Waals surface area (Å²) in [4.78, 5) is 24.3. The molecule has 1 saturated heterocycles. The van der Waals surface area contributed by atoms with Crippen molar-refractivity contribution in [3.05, 3.63) is 34.3 Å². The van der Waals surface area contributed by atoms with Crippen LogP contribution in [0.25, 0.3) is 0 Å². The highest BCUT2D eigenvalue weighted by molar-refractivity contribution is 6.31. The van der Waals surface area contributed by atoms with Crippen molar-refractivity contribution in [3.8, 4) is 0 Å². The molecule has 0 bridgehead atoms. The van der Waals surface area contributed by atoms with Crippen molar-refractivity contribution < 1.29 is 14.7 Å². The van der Waals surface area contributed by atoms with Crippen molar-refractivity contribution in [2.45, 2.75) is 19.8 Å². The van der Waals surface area contributed by atoms with E-state index in [1.807, 2.05) is 25.1 Å². The van der Waals surface area contributed by atoms with Gasteiger partial charge >= 0.3 is 12.0 Å². The Bertz CT molecular complexity index is 548. The maximum Gasteiger partial charge on any atom is 0.317 e. The Morgan fingerprint density at radius 1 is 1.48 bits per heavy atom. The van der Waals surface area contributed by atoms with E-state index in [1.54, 1.807) is 4.90 Å². The second-order valence-corrected chi connectivity index (χ2v) is 5.74. The molecule has 1 aliphatic heterocycles. The Kier molecular flexibility index (Phi) is 5.07. The lowest BCUT2D eigenvalue weighted by Gasteiger charge is -2.16. The lowest BCUT2D eigenvalue weighted by Crippen LogP contribution is -2.39. The number of amides is 2. The summed E-state index contributed by atoms with van der Waals surface area (Å²) >= 11 is 5.97. The van der Waals surface area contributed by atoms with E-state index < -0.39 is 11.9 Å². The Morgan fingerprint density at radius 3 is 2.86 bits per heavy atom. The number of aliphatic carboxylic acids is 1. The van der Waals surface area contributed by atoms with Crippen LogP contribution in [0.3, 0.4) is 0 Å². The summed E-state index contributed by atoms with van der Waals surface area (Å²) in [6, 6.07) is 5.61. The summed E-state index contributed by atoms with van der Waals surface area (Å²) in [5, 5.41) is 12.5. The van der Waals surface area contributed by atoms with Gasteiger partial charge in [-0.2, -0.15) is 0 Å². The third kappa shape index (κ3) is 4.11. The molecule has 21 heavy (non-hydrogen) atoms. The van der Waals surface area contributed by atoms with Crippen molar-refractivity contribution in [1.82, 2.24) is 10.2 Å². The van der Waals surface area contributed by atoms with Gasteiger partial charge in [-0.05, 0) is 37.0 Å². The molecule has 1 unspecified atom stereocenters. The Balaban J connectivity index is 1.77. The van der Waals surface area contributed by atoms with Gasteiger partial charge in [0.2, 0.25) is 0 Å². The monoisotopic (exact) mass is 310 g/mol. The number of urea groups is 1. The number of carboxylic acid groups (broad SMARTS) is 1. The molecule has 1 heterocycles. The van der Waals surface area contributed by atoms with Crippen molar-refractivity contribution in [3.63, 3.8) is 0 Å². The molecule has 1 aromatic rings. The van der Waals surface area contributed by atoms with Crippen LogP contribution in [-0.4, -0.2) is 41.6 Å². The average Bonchev–Trinajstić information content (AvgIpc) is 2.92. The fourth-order valence-corrected chi connectivity index (χ4v) is 2.55. The number of nitrogens with zero attached hydrogens (tertiary/aromatic N) is 1. The number of carbonyl (C=O) groups excluding carboxylic acids is 1. The number of carboxylic acids is 1. The maximum absolute atomic E-state index is 11.9. The molecule has 0 radical (unpaired) electrons. The SMILES string of the molecule is Cc1cc(CCNC(=O)N2CCC(C(=O)O)C2)ccc1Cl. The lowest BCUT2D eigenvalue weighted by molar-refractivity contribution is -0.141. The van der Waals surface area contributed by atoms with Crippen LogP contribution in [0.5, 0.6) is 0 Å². The number of rotatable bonds is 4. The van der Waals surface area contributed by atoms with Gasteiger partial charge in [-0.1, -0.05) is 23.7 Å². The molecule has 6 heteroatoms. The summed E-state index contributed by atoms with van der Waals surface area (Å²) in [6.07, 6.45) is 1.25. The molecule has 2 amide bonds. The van der Waals surface area contributed by atoms with E-state index >= 15 is 0 Å². The fraction of sp³-hybridized carbons (Fsp3) is 0.467. The highest BCUT2D eigenvalue weighted by Crippen LogP contribution is 2.17. The van der Waals surface area contributed by atoms with Crippen LogP contribution < -0.4 is 5.32 Å². The van der Waals surface area contributed by atoms with Crippen molar-refractivity contribution in [2.75, 3.05) is 19.6 Å². The quantitative estimate of drug-likeness (QED) is 0.896. The van der Waals surface area contributed by atoms with Crippen molar-refractivity contribution in [1.29, 1.82) is 0 Å². The largest absolute Gasteiger partial charge is 0.481 e. The van der Waals surface area contributed by atoms with Gasteiger partial charge < -0.3 is 15.3 Å².